The molecule has 0 aliphatic carbocycles. The standard InChI is InChI=1S/C23H29FN4O5S/c1-23(2,3)33-22(29)27-10-8-16(9-11-27)32-21-19(24)20(25-14-26-21)28-12-7-15-13-17(34(4,30)31)5-6-18(15)28/h5-6,13-14,16H,7-12H2,1-4H3. The molecule has 9 nitrogen and oxygen atoms in total. The van der Waals surface area contributed by atoms with Crippen molar-refractivity contribution in [2.24, 2.45) is 0 Å². The normalized spacial score (nSPS) is 17.0. The Balaban J connectivity index is 1.45. The number of aromatic nitrogens is 2. The number of sulfone groups is 1. The van der Waals surface area contributed by atoms with Gasteiger partial charge in [-0.05, 0) is 51.0 Å². The topological polar surface area (TPSA) is 102 Å². The van der Waals surface area contributed by atoms with Crippen molar-refractivity contribution in [3.63, 3.8) is 0 Å². The summed E-state index contributed by atoms with van der Waals surface area (Å²) < 4.78 is 50.3. The van der Waals surface area contributed by atoms with Crippen LogP contribution in [0.5, 0.6) is 5.88 Å². The first kappa shape index (κ1) is 24.2. The van der Waals surface area contributed by atoms with Gasteiger partial charge < -0.3 is 19.3 Å². The highest BCUT2D eigenvalue weighted by Gasteiger charge is 2.31. The predicted molar refractivity (Wildman–Crippen MR) is 124 cm³/mol. The van der Waals surface area contributed by atoms with E-state index in [1.165, 1.54) is 12.4 Å². The molecule has 184 valence electrons. The van der Waals surface area contributed by atoms with Gasteiger partial charge in [-0.25, -0.2) is 18.2 Å². The number of amides is 1. The van der Waals surface area contributed by atoms with Gasteiger partial charge >= 0.3 is 6.09 Å². The summed E-state index contributed by atoms with van der Waals surface area (Å²) in [4.78, 5) is 23.9. The number of ether oxygens (including phenoxy) is 2. The number of carbonyl (C=O) groups is 1. The molecular formula is C23H29FN4O5S. The van der Waals surface area contributed by atoms with E-state index in [9.17, 15) is 13.2 Å². The van der Waals surface area contributed by atoms with E-state index in [2.05, 4.69) is 9.97 Å². The minimum absolute atomic E-state index is 0.0852. The van der Waals surface area contributed by atoms with E-state index in [1.54, 1.807) is 21.9 Å². The Morgan fingerprint density at radius 1 is 1.15 bits per heavy atom. The molecule has 1 saturated heterocycles. The van der Waals surface area contributed by atoms with Crippen LogP contribution in [0.4, 0.5) is 20.7 Å². The third-order valence-electron chi connectivity index (χ3n) is 5.74. The molecule has 11 heteroatoms. The Morgan fingerprint density at radius 2 is 1.85 bits per heavy atom. The first-order valence-electron chi connectivity index (χ1n) is 11.2. The zero-order chi connectivity index (χ0) is 24.7. The molecule has 34 heavy (non-hydrogen) atoms. The van der Waals surface area contributed by atoms with Gasteiger partial charge in [-0.15, -0.1) is 0 Å². The van der Waals surface area contributed by atoms with E-state index in [-0.39, 0.29) is 28.8 Å². The van der Waals surface area contributed by atoms with Gasteiger partial charge in [0.25, 0.3) is 5.88 Å². The van der Waals surface area contributed by atoms with Gasteiger partial charge in [0.1, 0.15) is 18.0 Å². The maximum atomic E-state index is 15.4. The molecular weight excluding hydrogens is 463 g/mol. The quantitative estimate of drug-likeness (QED) is 0.639. The summed E-state index contributed by atoms with van der Waals surface area (Å²) in [5.41, 5.74) is 0.963. The maximum Gasteiger partial charge on any atom is 0.410 e. The molecule has 4 rings (SSSR count). The monoisotopic (exact) mass is 492 g/mol. The van der Waals surface area contributed by atoms with Crippen LogP contribution in [0.2, 0.25) is 0 Å². The summed E-state index contributed by atoms with van der Waals surface area (Å²) in [5.74, 6) is -0.721. The average molecular weight is 493 g/mol. The Hall–Kier alpha value is -2.95. The molecule has 0 unspecified atom stereocenters. The highest BCUT2D eigenvalue weighted by atomic mass is 32.2. The second kappa shape index (κ2) is 9.01. The number of rotatable bonds is 4. The van der Waals surface area contributed by atoms with Crippen LogP contribution in [-0.2, 0) is 21.0 Å². The Morgan fingerprint density at radius 3 is 2.50 bits per heavy atom. The van der Waals surface area contributed by atoms with E-state index in [0.29, 0.717) is 44.6 Å². The van der Waals surface area contributed by atoms with E-state index in [4.69, 9.17) is 9.47 Å². The molecule has 0 radical (unpaired) electrons. The molecule has 2 aromatic rings. The summed E-state index contributed by atoms with van der Waals surface area (Å²) in [6, 6.07) is 4.81. The summed E-state index contributed by atoms with van der Waals surface area (Å²) in [7, 11) is -3.33. The van der Waals surface area contributed by atoms with E-state index in [1.807, 2.05) is 20.8 Å². The first-order valence-corrected chi connectivity index (χ1v) is 13.1. The Labute approximate surface area is 198 Å². The number of halogens is 1. The lowest BCUT2D eigenvalue weighted by atomic mass is 10.1. The molecule has 1 fully saturated rings. The van der Waals surface area contributed by atoms with Crippen molar-refractivity contribution >= 4 is 27.4 Å². The van der Waals surface area contributed by atoms with Crippen molar-refractivity contribution in [3.8, 4) is 5.88 Å². The summed E-state index contributed by atoms with van der Waals surface area (Å²) in [6.07, 6.45) is 3.38. The van der Waals surface area contributed by atoms with Crippen LogP contribution in [0.1, 0.15) is 39.2 Å². The molecule has 0 bridgehead atoms. The molecule has 0 atom stereocenters. The van der Waals surface area contributed by atoms with Crippen molar-refractivity contribution in [2.45, 2.75) is 56.6 Å². The number of likely N-dealkylation sites (tertiary alicyclic amines) is 1. The number of benzene rings is 1. The number of anilines is 2. The minimum atomic E-state index is -3.33. The highest BCUT2D eigenvalue weighted by Crippen LogP contribution is 2.37. The molecule has 0 N–H and O–H groups in total. The lowest BCUT2D eigenvalue weighted by Crippen LogP contribution is -2.44. The van der Waals surface area contributed by atoms with Crippen LogP contribution in [0.25, 0.3) is 0 Å². The largest absolute Gasteiger partial charge is 0.472 e. The Kier molecular flexibility index (Phi) is 6.41. The highest BCUT2D eigenvalue weighted by molar-refractivity contribution is 7.90. The summed E-state index contributed by atoms with van der Waals surface area (Å²) in [5, 5.41) is 0. The predicted octanol–water partition coefficient (Wildman–Crippen LogP) is 3.49. The number of hydrogen-bond acceptors (Lipinski definition) is 8. The zero-order valence-corrected chi connectivity index (χ0v) is 20.6. The van der Waals surface area contributed by atoms with Gasteiger partial charge in [0.05, 0.1) is 4.90 Å². The lowest BCUT2D eigenvalue weighted by molar-refractivity contribution is 0.0119. The fourth-order valence-electron chi connectivity index (χ4n) is 4.08. The maximum absolute atomic E-state index is 15.4. The van der Waals surface area contributed by atoms with E-state index < -0.39 is 21.3 Å². The van der Waals surface area contributed by atoms with E-state index in [0.717, 1.165) is 11.8 Å². The molecule has 3 heterocycles. The molecule has 2 aliphatic rings. The van der Waals surface area contributed by atoms with E-state index >= 15 is 4.39 Å². The fourth-order valence-corrected chi connectivity index (χ4v) is 4.76. The zero-order valence-electron chi connectivity index (χ0n) is 19.7. The fraction of sp³-hybridized carbons (Fsp3) is 0.522. The molecule has 1 amide bonds. The van der Waals surface area contributed by atoms with Crippen LogP contribution in [-0.4, -0.2) is 67.0 Å². The number of piperidine rings is 1. The van der Waals surface area contributed by atoms with Gasteiger partial charge in [-0.3, -0.25) is 0 Å². The molecule has 0 spiro atoms. The lowest BCUT2D eigenvalue weighted by Gasteiger charge is -2.33. The number of hydrogen-bond donors (Lipinski definition) is 0. The molecule has 1 aromatic heterocycles. The van der Waals surface area contributed by atoms with Crippen LogP contribution < -0.4 is 9.64 Å². The van der Waals surface area contributed by atoms with Gasteiger partial charge in [0.15, 0.2) is 15.7 Å². The Bertz CT molecular complexity index is 1190. The number of nitrogens with zero attached hydrogens (tertiary/aromatic N) is 4. The van der Waals surface area contributed by atoms with Gasteiger partial charge in [0, 0.05) is 44.4 Å². The van der Waals surface area contributed by atoms with Gasteiger partial charge in [0.2, 0.25) is 5.82 Å². The average Bonchev–Trinajstić information content (AvgIpc) is 3.17. The first-order chi connectivity index (χ1) is 15.9. The van der Waals surface area contributed by atoms with Crippen molar-refractivity contribution in [2.75, 3.05) is 30.8 Å². The second-order valence-corrected chi connectivity index (χ2v) is 11.6. The summed E-state index contributed by atoms with van der Waals surface area (Å²) >= 11 is 0. The van der Waals surface area contributed by atoms with Gasteiger partial charge in [-0.1, -0.05) is 0 Å². The third-order valence-corrected chi connectivity index (χ3v) is 6.85. The molecule has 2 aliphatic heterocycles. The van der Waals surface area contributed by atoms with Crippen molar-refractivity contribution in [1.82, 2.24) is 14.9 Å². The smallest absolute Gasteiger partial charge is 0.410 e. The molecule has 1 aromatic carbocycles. The van der Waals surface area contributed by atoms with Crippen LogP contribution in [0.3, 0.4) is 0 Å². The number of carbonyl (C=O) groups excluding carboxylic acids is 1. The third kappa shape index (κ3) is 5.24. The van der Waals surface area contributed by atoms with Crippen molar-refractivity contribution in [1.29, 1.82) is 0 Å². The van der Waals surface area contributed by atoms with Crippen molar-refractivity contribution < 1.29 is 27.1 Å². The van der Waals surface area contributed by atoms with Crippen LogP contribution in [0.15, 0.2) is 29.4 Å². The summed E-state index contributed by atoms with van der Waals surface area (Å²) in [6.45, 7) is 6.81. The second-order valence-electron chi connectivity index (χ2n) is 9.57. The SMILES string of the molecule is CC(C)(C)OC(=O)N1CCC(Oc2ncnc(N3CCc4cc(S(C)(=O)=O)ccc43)c2F)CC1. The minimum Gasteiger partial charge on any atom is -0.472 e. The van der Waals surface area contributed by atoms with Crippen LogP contribution in [0, 0.1) is 5.82 Å². The number of fused-ring (bicyclic) bond motifs is 1. The van der Waals surface area contributed by atoms with Crippen LogP contribution >= 0.6 is 0 Å². The van der Waals surface area contributed by atoms with Gasteiger partial charge in [-0.2, -0.15) is 9.37 Å². The van der Waals surface area contributed by atoms with Crippen molar-refractivity contribution in [3.05, 3.63) is 35.9 Å². The molecule has 0 saturated carbocycles.